The van der Waals surface area contributed by atoms with Gasteiger partial charge in [0, 0.05) is 10.6 Å². The summed E-state index contributed by atoms with van der Waals surface area (Å²) in [6, 6.07) is 4.19. The van der Waals surface area contributed by atoms with Crippen LogP contribution in [0.2, 0.25) is 5.02 Å². The van der Waals surface area contributed by atoms with Gasteiger partial charge in [0.05, 0.1) is 0 Å². The summed E-state index contributed by atoms with van der Waals surface area (Å²) < 4.78 is 5.30. The summed E-state index contributed by atoms with van der Waals surface area (Å²) >= 11 is 5.82. The molecule has 28 heavy (non-hydrogen) atoms. The van der Waals surface area contributed by atoms with Crippen molar-refractivity contribution in [3.05, 3.63) is 34.9 Å². The number of imide groups is 1. The van der Waals surface area contributed by atoms with Gasteiger partial charge in [-0.1, -0.05) is 39.3 Å². The van der Waals surface area contributed by atoms with Crippen LogP contribution in [0.25, 0.3) is 0 Å². The molecule has 0 saturated heterocycles. The Balaban J connectivity index is 2.93. The van der Waals surface area contributed by atoms with Gasteiger partial charge in [-0.15, -0.1) is 0 Å². The summed E-state index contributed by atoms with van der Waals surface area (Å²) in [4.78, 5) is 48.1. The van der Waals surface area contributed by atoms with E-state index >= 15 is 0 Å². The summed E-state index contributed by atoms with van der Waals surface area (Å²) in [5, 5.41) is 5.01. The second kappa shape index (κ2) is 10.7. The molecule has 4 amide bonds. The van der Waals surface area contributed by atoms with Crippen LogP contribution in [0.15, 0.2) is 24.3 Å². The van der Waals surface area contributed by atoms with Gasteiger partial charge in [-0.05, 0) is 42.5 Å². The molecule has 9 heteroatoms. The van der Waals surface area contributed by atoms with Gasteiger partial charge >= 0.3 is 12.0 Å². The molecule has 0 aliphatic carbocycles. The number of primary amides is 1. The second-order valence-electron chi connectivity index (χ2n) is 7.12. The molecule has 0 aliphatic rings. The smallest absolute Gasteiger partial charge is 0.329 e. The molecule has 0 heterocycles. The third-order valence-electron chi connectivity index (χ3n) is 3.76. The van der Waals surface area contributed by atoms with Crippen LogP contribution in [-0.2, 0) is 14.3 Å². The molecular weight excluding hydrogens is 386 g/mol. The van der Waals surface area contributed by atoms with Gasteiger partial charge in [-0.2, -0.15) is 0 Å². The van der Waals surface area contributed by atoms with Gasteiger partial charge < -0.3 is 15.8 Å². The molecule has 1 aromatic carbocycles. The third kappa shape index (κ3) is 7.56. The van der Waals surface area contributed by atoms with Crippen molar-refractivity contribution in [1.82, 2.24) is 10.6 Å². The molecule has 0 saturated carbocycles. The van der Waals surface area contributed by atoms with E-state index in [0.717, 1.165) is 0 Å². The summed E-state index contributed by atoms with van der Waals surface area (Å²) in [6.45, 7) is 7.08. The quantitative estimate of drug-likeness (QED) is 0.565. The van der Waals surface area contributed by atoms with E-state index in [4.69, 9.17) is 22.1 Å². The first-order valence-electron chi connectivity index (χ1n) is 8.88. The number of amides is 4. The summed E-state index contributed by atoms with van der Waals surface area (Å²) in [5.74, 6) is -2.39. The number of nitrogens with two attached hydrogens (primary N) is 1. The Kier molecular flexibility index (Phi) is 8.91. The SMILES string of the molecule is CC(C)C[C@H](NC(=O)c1ccc(Cl)cc1)C(=O)O[C@H](C(=O)NC(N)=O)C(C)C. The summed E-state index contributed by atoms with van der Waals surface area (Å²) in [6.07, 6.45) is -0.914. The van der Waals surface area contributed by atoms with E-state index < -0.39 is 41.9 Å². The number of halogens is 1. The van der Waals surface area contributed by atoms with Crippen molar-refractivity contribution >= 4 is 35.4 Å². The fraction of sp³-hybridized carbons (Fsp3) is 0.474. The lowest BCUT2D eigenvalue weighted by Crippen LogP contribution is -2.49. The predicted octanol–water partition coefficient (Wildman–Crippen LogP) is 2.25. The van der Waals surface area contributed by atoms with E-state index in [9.17, 15) is 19.2 Å². The number of carbonyl (C=O) groups is 4. The lowest BCUT2D eigenvalue weighted by Gasteiger charge is -2.24. The van der Waals surface area contributed by atoms with Crippen molar-refractivity contribution in [1.29, 1.82) is 0 Å². The topological polar surface area (TPSA) is 128 Å². The first kappa shape index (κ1) is 23.4. The molecule has 1 aromatic rings. The minimum atomic E-state index is -1.22. The largest absolute Gasteiger partial charge is 0.450 e. The molecule has 0 unspecified atom stereocenters. The van der Waals surface area contributed by atoms with Crippen molar-refractivity contribution in [3.63, 3.8) is 0 Å². The molecule has 0 aromatic heterocycles. The van der Waals surface area contributed by atoms with Crippen LogP contribution in [0, 0.1) is 11.8 Å². The Bertz CT molecular complexity index is 719. The zero-order valence-corrected chi connectivity index (χ0v) is 17.1. The summed E-state index contributed by atoms with van der Waals surface area (Å²) in [7, 11) is 0. The average molecular weight is 412 g/mol. The number of rotatable bonds is 8. The fourth-order valence-electron chi connectivity index (χ4n) is 2.42. The molecular formula is C19H26ClN3O5. The maximum Gasteiger partial charge on any atom is 0.329 e. The van der Waals surface area contributed by atoms with Crippen molar-refractivity contribution in [2.24, 2.45) is 17.6 Å². The Hall–Kier alpha value is -2.61. The van der Waals surface area contributed by atoms with E-state index in [1.54, 1.807) is 26.0 Å². The number of nitrogens with one attached hydrogen (secondary N) is 2. The molecule has 0 aliphatic heterocycles. The van der Waals surface area contributed by atoms with Crippen molar-refractivity contribution in [2.75, 3.05) is 0 Å². The molecule has 0 radical (unpaired) electrons. The Morgan fingerprint density at radius 2 is 1.64 bits per heavy atom. The number of ether oxygens (including phenoxy) is 1. The first-order chi connectivity index (χ1) is 13.0. The monoisotopic (exact) mass is 411 g/mol. The van der Waals surface area contributed by atoms with E-state index in [1.165, 1.54) is 12.1 Å². The minimum absolute atomic E-state index is 0.0695. The normalized spacial score (nSPS) is 13.0. The summed E-state index contributed by atoms with van der Waals surface area (Å²) in [5.41, 5.74) is 5.28. The molecule has 154 valence electrons. The molecule has 4 N–H and O–H groups in total. The van der Waals surface area contributed by atoms with Crippen LogP contribution in [0.4, 0.5) is 4.79 Å². The van der Waals surface area contributed by atoms with Gasteiger partial charge in [0.15, 0.2) is 6.10 Å². The Morgan fingerprint density at radius 3 is 2.11 bits per heavy atom. The predicted molar refractivity (Wildman–Crippen MR) is 105 cm³/mol. The molecule has 1 rings (SSSR count). The van der Waals surface area contributed by atoms with E-state index in [1.807, 2.05) is 19.2 Å². The van der Waals surface area contributed by atoms with E-state index in [-0.39, 0.29) is 5.92 Å². The molecule has 0 spiro atoms. The van der Waals surface area contributed by atoms with Crippen LogP contribution in [0.5, 0.6) is 0 Å². The standard InChI is InChI=1S/C19H26ClN3O5/c1-10(2)9-14(22-16(24)12-5-7-13(20)8-6-12)18(26)28-15(11(3)4)17(25)23-19(21)27/h5-8,10-11,14-15H,9H2,1-4H3,(H,22,24)(H3,21,23,25,27)/t14-,15-/m0/s1. The highest BCUT2D eigenvalue weighted by molar-refractivity contribution is 6.30. The second-order valence-corrected chi connectivity index (χ2v) is 7.55. The van der Waals surface area contributed by atoms with Gasteiger partial charge in [-0.25, -0.2) is 9.59 Å². The van der Waals surface area contributed by atoms with Gasteiger partial charge in [0.2, 0.25) is 0 Å². The number of carbonyl (C=O) groups excluding carboxylic acids is 4. The number of urea groups is 1. The highest BCUT2D eigenvalue weighted by atomic mass is 35.5. The lowest BCUT2D eigenvalue weighted by atomic mass is 10.0. The molecule has 2 atom stereocenters. The van der Waals surface area contributed by atoms with Crippen molar-refractivity contribution < 1.29 is 23.9 Å². The highest BCUT2D eigenvalue weighted by Crippen LogP contribution is 2.14. The van der Waals surface area contributed by atoms with E-state index in [0.29, 0.717) is 17.0 Å². The zero-order valence-electron chi connectivity index (χ0n) is 16.3. The van der Waals surface area contributed by atoms with Crippen LogP contribution < -0.4 is 16.4 Å². The number of hydrogen-bond acceptors (Lipinski definition) is 5. The lowest BCUT2D eigenvalue weighted by molar-refractivity contribution is -0.160. The fourth-order valence-corrected chi connectivity index (χ4v) is 2.55. The van der Waals surface area contributed by atoms with Crippen molar-refractivity contribution in [3.8, 4) is 0 Å². The van der Waals surface area contributed by atoms with Crippen LogP contribution in [0.1, 0.15) is 44.5 Å². The van der Waals surface area contributed by atoms with Gasteiger partial charge in [-0.3, -0.25) is 14.9 Å². The van der Waals surface area contributed by atoms with Gasteiger partial charge in [0.25, 0.3) is 11.8 Å². The highest BCUT2D eigenvalue weighted by Gasteiger charge is 2.32. The minimum Gasteiger partial charge on any atom is -0.450 e. The molecule has 0 bridgehead atoms. The zero-order chi connectivity index (χ0) is 21.4. The van der Waals surface area contributed by atoms with Crippen LogP contribution >= 0.6 is 11.6 Å². The molecule has 8 nitrogen and oxygen atoms in total. The van der Waals surface area contributed by atoms with Gasteiger partial charge in [0.1, 0.15) is 6.04 Å². The Morgan fingerprint density at radius 1 is 1.07 bits per heavy atom. The average Bonchev–Trinajstić information content (AvgIpc) is 2.57. The number of hydrogen-bond donors (Lipinski definition) is 3. The number of esters is 1. The van der Waals surface area contributed by atoms with E-state index in [2.05, 4.69) is 5.32 Å². The maximum atomic E-state index is 12.7. The third-order valence-corrected chi connectivity index (χ3v) is 4.01. The van der Waals surface area contributed by atoms with Crippen LogP contribution in [-0.4, -0.2) is 36.0 Å². The van der Waals surface area contributed by atoms with Crippen LogP contribution in [0.3, 0.4) is 0 Å². The Labute approximate surface area is 169 Å². The molecule has 0 fully saturated rings. The van der Waals surface area contributed by atoms with Crippen molar-refractivity contribution in [2.45, 2.75) is 46.3 Å². The maximum absolute atomic E-state index is 12.7. The first-order valence-corrected chi connectivity index (χ1v) is 9.26. The number of benzene rings is 1.